The van der Waals surface area contributed by atoms with E-state index in [0.717, 1.165) is 13.0 Å². The van der Waals surface area contributed by atoms with Crippen molar-refractivity contribution in [2.24, 2.45) is 5.92 Å². The van der Waals surface area contributed by atoms with Crippen LogP contribution in [0.1, 0.15) is 27.2 Å². The highest BCUT2D eigenvalue weighted by atomic mass is 35.5. The third-order valence-corrected chi connectivity index (χ3v) is 2.35. The molecule has 0 bridgehead atoms. The number of rotatable bonds is 2. The highest BCUT2D eigenvalue weighted by Crippen LogP contribution is 2.19. The summed E-state index contributed by atoms with van der Waals surface area (Å²) in [6.45, 7) is 6.40. The van der Waals surface area contributed by atoms with Gasteiger partial charge in [-0.25, -0.2) is 0 Å². The second-order valence-electron chi connectivity index (χ2n) is 4.81. The summed E-state index contributed by atoms with van der Waals surface area (Å²) < 4.78 is 5.29. The lowest BCUT2D eigenvalue weighted by molar-refractivity contribution is -0.157. The number of halogens is 1. The molecule has 1 fully saturated rings. The van der Waals surface area contributed by atoms with Crippen LogP contribution in [0.2, 0.25) is 0 Å². The van der Waals surface area contributed by atoms with Gasteiger partial charge in [0.2, 0.25) is 0 Å². The van der Waals surface area contributed by atoms with Crippen molar-refractivity contribution in [1.29, 1.82) is 0 Å². The fourth-order valence-corrected chi connectivity index (χ4v) is 1.77. The Balaban J connectivity index is 2.43. The molecule has 1 N–H and O–H groups in total. The molecule has 3 nitrogen and oxygen atoms in total. The highest BCUT2D eigenvalue weighted by molar-refractivity contribution is 6.25. The SMILES string of the molecule is CC(C)(C)OC(=O)C1CC(/C=C\Cl)CN1. The van der Waals surface area contributed by atoms with Crippen molar-refractivity contribution in [1.82, 2.24) is 5.32 Å². The molecule has 1 rings (SSSR count). The second-order valence-corrected chi connectivity index (χ2v) is 5.06. The van der Waals surface area contributed by atoms with E-state index in [9.17, 15) is 4.79 Å². The monoisotopic (exact) mass is 231 g/mol. The molecule has 86 valence electrons. The average molecular weight is 232 g/mol. The number of hydrogen-bond acceptors (Lipinski definition) is 3. The fourth-order valence-electron chi connectivity index (χ4n) is 1.56. The topological polar surface area (TPSA) is 38.3 Å². The molecule has 0 radical (unpaired) electrons. The molecule has 0 amide bonds. The number of carbonyl (C=O) groups is 1. The molecule has 2 atom stereocenters. The molecule has 2 unspecified atom stereocenters. The van der Waals surface area contributed by atoms with E-state index in [-0.39, 0.29) is 12.0 Å². The summed E-state index contributed by atoms with van der Waals surface area (Å²) >= 11 is 5.49. The zero-order chi connectivity index (χ0) is 11.5. The van der Waals surface area contributed by atoms with Crippen molar-refractivity contribution >= 4 is 17.6 Å². The Morgan fingerprint density at radius 1 is 1.53 bits per heavy atom. The molecule has 0 aromatic carbocycles. The summed E-state index contributed by atoms with van der Waals surface area (Å²) in [6, 6.07) is -0.193. The molecule has 0 aromatic rings. The minimum atomic E-state index is -0.417. The second kappa shape index (κ2) is 4.99. The zero-order valence-corrected chi connectivity index (χ0v) is 10.2. The molecular formula is C11H18ClNO2. The summed E-state index contributed by atoms with van der Waals surface area (Å²) in [5.41, 5.74) is 1.09. The van der Waals surface area contributed by atoms with Gasteiger partial charge < -0.3 is 10.1 Å². The van der Waals surface area contributed by atoms with E-state index in [2.05, 4.69) is 5.32 Å². The molecule has 0 aromatic heterocycles. The van der Waals surface area contributed by atoms with Crippen molar-refractivity contribution in [3.05, 3.63) is 11.6 Å². The van der Waals surface area contributed by atoms with E-state index in [1.165, 1.54) is 5.54 Å². The first-order valence-electron chi connectivity index (χ1n) is 5.15. The number of ether oxygens (including phenoxy) is 1. The van der Waals surface area contributed by atoms with Gasteiger partial charge in [0.05, 0.1) is 0 Å². The lowest BCUT2D eigenvalue weighted by Crippen LogP contribution is -2.37. The van der Waals surface area contributed by atoms with Crippen molar-refractivity contribution in [3.8, 4) is 0 Å². The standard InChI is InChI=1S/C11H18ClNO2/c1-11(2,3)15-10(14)9-6-8(4-5-12)7-13-9/h4-5,8-9,13H,6-7H2,1-3H3/b5-4-. The van der Waals surface area contributed by atoms with Gasteiger partial charge in [0.25, 0.3) is 0 Å². The van der Waals surface area contributed by atoms with Gasteiger partial charge in [0.15, 0.2) is 0 Å². The van der Waals surface area contributed by atoms with E-state index in [1.807, 2.05) is 26.8 Å². The van der Waals surface area contributed by atoms with Gasteiger partial charge in [-0.05, 0) is 33.1 Å². The molecule has 1 heterocycles. The first-order chi connectivity index (χ1) is 6.92. The first kappa shape index (κ1) is 12.5. The van der Waals surface area contributed by atoms with Crippen LogP contribution in [0, 0.1) is 5.92 Å². The lowest BCUT2D eigenvalue weighted by Gasteiger charge is -2.22. The highest BCUT2D eigenvalue weighted by Gasteiger charge is 2.31. The molecule has 0 saturated carbocycles. The Labute approximate surface area is 95.8 Å². The van der Waals surface area contributed by atoms with Gasteiger partial charge in [-0.15, -0.1) is 0 Å². The minimum absolute atomic E-state index is 0.173. The van der Waals surface area contributed by atoms with E-state index in [0.29, 0.717) is 5.92 Å². The molecule has 1 aliphatic heterocycles. The van der Waals surface area contributed by atoms with E-state index in [1.54, 1.807) is 0 Å². The van der Waals surface area contributed by atoms with Crippen LogP contribution in [0.25, 0.3) is 0 Å². The summed E-state index contributed by atoms with van der Waals surface area (Å²) in [4.78, 5) is 11.7. The maximum absolute atomic E-state index is 11.7. The maximum atomic E-state index is 11.7. The van der Waals surface area contributed by atoms with E-state index in [4.69, 9.17) is 16.3 Å². The Kier molecular flexibility index (Phi) is 4.17. The van der Waals surface area contributed by atoms with Crippen molar-refractivity contribution in [2.45, 2.75) is 38.8 Å². The summed E-state index contributed by atoms with van der Waals surface area (Å²) in [5.74, 6) is 0.160. The van der Waals surface area contributed by atoms with Gasteiger partial charge in [0, 0.05) is 12.1 Å². The van der Waals surface area contributed by atoms with Gasteiger partial charge in [-0.1, -0.05) is 17.7 Å². The van der Waals surface area contributed by atoms with Crippen molar-refractivity contribution < 1.29 is 9.53 Å². The van der Waals surface area contributed by atoms with E-state index >= 15 is 0 Å². The van der Waals surface area contributed by atoms with Crippen LogP contribution in [0.5, 0.6) is 0 Å². The van der Waals surface area contributed by atoms with Crippen LogP contribution in [-0.2, 0) is 9.53 Å². The van der Waals surface area contributed by atoms with Crippen LogP contribution in [0.3, 0.4) is 0 Å². The zero-order valence-electron chi connectivity index (χ0n) is 9.42. The smallest absolute Gasteiger partial charge is 0.323 e. The van der Waals surface area contributed by atoms with Crippen LogP contribution in [0.4, 0.5) is 0 Å². The van der Waals surface area contributed by atoms with E-state index < -0.39 is 5.60 Å². The van der Waals surface area contributed by atoms with Crippen molar-refractivity contribution in [3.63, 3.8) is 0 Å². The maximum Gasteiger partial charge on any atom is 0.323 e. The quantitative estimate of drug-likeness (QED) is 0.740. The van der Waals surface area contributed by atoms with Crippen LogP contribution in [-0.4, -0.2) is 24.2 Å². The molecule has 15 heavy (non-hydrogen) atoms. The molecule has 1 aliphatic rings. The average Bonchev–Trinajstić information content (AvgIpc) is 2.50. The van der Waals surface area contributed by atoms with Gasteiger partial charge >= 0.3 is 5.97 Å². The Bertz CT molecular complexity index is 258. The normalized spacial score (nSPS) is 27.2. The Hall–Kier alpha value is -0.540. The fraction of sp³-hybridized carbons (Fsp3) is 0.727. The lowest BCUT2D eigenvalue weighted by atomic mass is 10.1. The van der Waals surface area contributed by atoms with Crippen LogP contribution in [0.15, 0.2) is 11.6 Å². The Morgan fingerprint density at radius 3 is 2.73 bits per heavy atom. The first-order valence-corrected chi connectivity index (χ1v) is 5.59. The minimum Gasteiger partial charge on any atom is -0.459 e. The van der Waals surface area contributed by atoms with Gasteiger partial charge in [-0.2, -0.15) is 0 Å². The Morgan fingerprint density at radius 2 is 2.20 bits per heavy atom. The summed E-state index contributed by atoms with van der Waals surface area (Å²) in [6.07, 6.45) is 2.66. The van der Waals surface area contributed by atoms with Gasteiger partial charge in [-0.3, -0.25) is 4.79 Å². The number of esters is 1. The van der Waals surface area contributed by atoms with Crippen LogP contribution < -0.4 is 5.32 Å². The molecule has 0 spiro atoms. The third kappa shape index (κ3) is 4.22. The predicted octanol–water partition coefficient (Wildman–Crippen LogP) is 2.06. The number of hydrogen-bond donors (Lipinski definition) is 1. The molecule has 1 saturated heterocycles. The number of nitrogens with one attached hydrogen (secondary N) is 1. The molecule has 0 aliphatic carbocycles. The predicted molar refractivity (Wildman–Crippen MR) is 60.7 cm³/mol. The van der Waals surface area contributed by atoms with Gasteiger partial charge in [0.1, 0.15) is 11.6 Å². The summed E-state index contributed by atoms with van der Waals surface area (Å²) in [5, 5.41) is 3.13. The third-order valence-electron chi connectivity index (χ3n) is 2.20. The molecule has 4 heteroatoms. The molecular weight excluding hydrogens is 214 g/mol. The van der Waals surface area contributed by atoms with Crippen molar-refractivity contribution in [2.75, 3.05) is 6.54 Å². The largest absolute Gasteiger partial charge is 0.459 e. The van der Waals surface area contributed by atoms with Crippen LogP contribution >= 0.6 is 11.6 Å². The number of carbonyl (C=O) groups excluding carboxylic acids is 1. The summed E-state index contributed by atoms with van der Waals surface area (Å²) in [7, 11) is 0.